The van der Waals surface area contributed by atoms with Gasteiger partial charge in [0.25, 0.3) is 8.53 Å². The number of ether oxygens (including phenoxy) is 1. The third-order valence-electron chi connectivity index (χ3n) is 11.9. The van der Waals surface area contributed by atoms with E-state index in [1.807, 2.05) is 78.9 Å². The molecule has 5 aromatic rings. The van der Waals surface area contributed by atoms with Crippen molar-refractivity contribution in [3.05, 3.63) is 167 Å². The lowest BCUT2D eigenvalue weighted by atomic mass is 9.84. The normalized spacial score (nSPS) is 17.0. The quantitative estimate of drug-likeness (QED) is 0.0303. The Morgan fingerprint density at radius 2 is 1.25 bits per heavy atom. The summed E-state index contributed by atoms with van der Waals surface area (Å²) in [6.07, 6.45) is 2.56. The molecule has 0 heterocycles. The van der Waals surface area contributed by atoms with Crippen LogP contribution in [0.1, 0.15) is 93.5 Å². The van der Waals surface area contributed by atoms with Crippen molar-refractivity contribution in [2.24, 2.45) is 0 Å². The Kier molecular flexibility index (Phi) is 16.7. The van der Waals surface area contributed by atoms with Gasteiger partial charge in [0, 0.05) is 29.8 Å². The van der Waals surface area contributed by atoms with E-state index in [-0.39, 0.29) is 42.7 Å². The summed E-state index contributed by atoms with van der Waals surface area (Å²) in [6, 6.07) is 49.2. The van der Waals surface area contributed by atoms with Crippen LogP contribution in [-0.4, -0.2) is 65.9 Å². The van der Waals surface area contributed by atoms with Crippen molar-refractivity contribution in [1.29, 1.82) is 5.26 Å². The van der Waals surface area contributed by atoms with Crippen molar-refractivity contribution in [1.82, 2.24) is 20.8 Å². The van der Waals surface area contributed by atoms with Crippen LogP contribution >= 0.6 is 20.3 Å². The summed E-state index contributed by atoms with van der Waals surface area (Å²) in [5, 5.41) is 12.5. The summed E-state index contributed by atoms with van der Waals surface area (Å²) in [4.78, 5) is 28.1. The van der Waals surface area contributed by atoms with E-state index in [2.05, 4.69) is 115 Å². The van der Waals surface area contributed by atoms with Crippen molar-refractivity contribution in [2.45, 2.75) is 101 Å². The fraction of sp³-hybridized carbons (Fsp3) is 0.365. The fourth-order valence-corrected chi connectivity index (χ4v) is 12.3. The molecule has 0 spiro atoms. The summed E-state index contributed by atoms with van der Waals surface area (Å²) >= 11 is 1.65. The first-order valence-corrected chi connectivity index (χ1v) is 24.5. The third kappa shape index (κ3) is 11.2. The van der Waals surface area contributed by atoms with Crippen molar-refractivity contribution in [3.8, 4) is 17.2 Å². The second kappa shape index (κ2) is 22.7. The van der Waals surface area contributed by atoms with Crippen LogP contribution in [-0.2, 0) is 23.3 Å². The molecule has 0 saturated heterocycles. The molecule has 0 bridgehead atoms. The number of hydrogen-bond acceptors (Lipinski definition) is 9. The maximum atomic E-state index is 14.6. The van der Waals surface area contributed by atoms with Crippen molar-refractivity contribution in [3.63, 3.8) is 0 Å². The second-order valence-electron chi connectivity index (χ2n) is 16.9. The second-order valence-corrected chi connectivity index (χ2v) is 19.5. The number of amides is 2. The van der Waals surface area contributed by atoms with Crippen LogP contribution < -0.4 is 16.2 Å². The number of thioether (sulfide) groups is 1. The zero-order chi connectivity index (χ0) is 44.9. The topological polar surface area (TPSA) is 125 Å². The number of fused-ring (bicyclic) bond motifs is 3. The number of hydrazine groups is 1. The van der Waals surface area contributed by atoms with Crippen molar-refractivity contribution >= 4 is 32.3 Å². The molecule has 0 aromatic heterocycles. The van der Waals surface area contributed by atoms with Gasteiger partial charge in [0.15, 0.2) is 0 Å². The minimum atomic E-state index is -1.37. The Hall–Kier alpha value is -5.05. The van der Waals surface area contributed by atoms with Gasteiger partial charge in [0.1, 0.15) is 12.6 Å². The standard InChI is InChI=1S/C52H60N5O5PS/c1-37(2)57(38(3)4)63(61-34-18-33-53)62-43-31-29-42(30-32-43)54-50(58)49(55-56-51(59)60-35-48-46-27-16-14-25-44(46)45-26-15-17-28-47(45)48)36-64-52(39-19-8-5-9-20-39,40-21-10-6-11-22-40)41-23-12-7-13-24-41/h5-17,19-28,37-38,42-43,48-49,55H,18,29-32,34-36H2,1-4H3,(H,54,58)(H,56,59)/t42?,43?,49-,63?/m0/s1. The first-order valence-electron chi connectivity index (χ1n) is 22.4. The average Bonchev–Trinajstić information content (AvgIpc) is 3.64. The average molecular weight is 898 g/mol. The molecule has 2 amide bonds. The van der Waals surface area contributed by atoms with Gasteiger partial charge in [-0.05, 0) is 92.3 Å². The van der Waals surface area contributed by atoms with Gasteiger partial charge >= 0.3 is 6.09 Å². The van der Waals surface area contributed by atoms with E-state index in [0.29, 0.717) is 18.8 Å². The first-order chi connectivity index (χ1) is 31.2. The molecule has 7 rings (SSSR count). The highest BCUT2D eigenvalue weighted by Gasteiger charge is 2.39. The van der Waals surface area contributed by atoms with E-state index in [9.17, 15) is 9.59 Å². The molecule has 64 heavy (non-hydrogen) atoms. The number of nitriles is 1. The highest BCUT2D eigenvalue weighted by molar-refractivity contribution is 8.00. The van der Waals surface area contributed by atoms with Gasteiger partial charge in [0.05, 0.1) is 29.9 Å². The largest absolute Gasteiger partial charge is 0.448 e. The smallest absolute Gasteiger partial charge is 0.421 e. The Morgan fingerprint density at radius 3 is 1.75 bits per heavy atom. The Labute approximate surface area is 384 Å². The Bertz CT molecular complexity index is 2160. The molecule has 1 fully saturated rings. The number of hydrogen-bond donors (Lipinski definition) is 3. The molecule has 10 nitrogen and oxygen atoms in total. The van der Waals surface area contributed by atoms with Crippen LogP contribution in [0.3, 0.4) is 0 Å². The van der Waals surface area contributed by atoms with Gasteiger partial charge in [-0.3, -0.25) is 10.2 Å². The lowest BCUT2D eigenvalue weighted by molar-refractivity contribution is -0.123. The van der Waals surface area contributed by atoms with Gasteiger partial charge in [-0.2, -0.15) is 5.26 Å². The molecule has 3 N–H and O–H groups in total. The summed E-state index contributed by atoms with van der Waals surface area (Å²) in [6.45, 7) is 9.00. The number of nitrogens with one attached hydrogen (secondary N) is 3. The van der Waals surface area contributed by atoms with Gasteiger partial charge in [0.2, 0.25) is 5.91 Å². The molecular formula is C52H60N5O5PS. The number of nitrogens with zero attached hydrogens (tertiary/aromatic N) is 2. The Balaban J connectivity index is 1.08. The first kappa shape index (κ1) is 46.9. The summed E-state index contributed by atoms with van der Waals surface area (Å²) in [7, 11) is -1.37. The van der Waals surface area contributed by atoms with E-state index in [1.165, 1.54) is 0 Å². The van der Waals surface area contributed by atoms with Crippen molar-refractivity contribution < 1.29 is 23.4 Å². The molecule has 334 valence electrons. The zero-order valence-electron chi connectivity index (χ0n) is 37.2. The zero-order valence-corrected chi connectivity index (χ0v) is 38.9. The number of carbonyl (C=O) groups excluding carboxylic acids is 2. The monoisotopic (exact) mass is 897 g/mol. The van der Waals surface area contributed by atoms with Gasteiger partial charge < -0.3 is 19.1 Å². The Morgan fingerprint density at radius 1 is 0.750 bits per heavy atom. The number of carbonyl (C=O) groups is 2. The summed E-state index contributed by atoms with van der Waals surface area (Å²) in [5.74, 6) is -0.0154. The molecule has 1 unspecified atom stereocenters. The minimum Gasteiger partial charge on any atom is -0.448 e. The van der Waals surface area contributed by atoms with E-state index >= 15 is 0 Å². The maximum Gasteiger partial charge on any atom is 0.421 e. The number of rotatable bonds is 20. The van der Waals surface area contributed by atoms with Crippen molar-refractivity contribution in [2.75, 3.05) is 19.0 Å². The third-order valence-corrected chi connectivity index (χ3v) is 15.8. The van der Waals surface area contributed by atoms with E-state index < -0.39 is 25.4 Å². The van der Waals surface area contributed by atoms with E-state index in [0.717, 1.165) is 64.6 Å². The van der Waals surface area contributed by atoms with Crippen LogP contribution in [0.15, 0.2) is 140 Å². The van der Waals surface area contributed by atoms with Crippen LogP contribution in [0, 0.1) is 11.3 Å². The lowest BCUT2D eigenvalue weighted by Crippen LogP contribution is -2.55. The van der Waals surface area contributed by atoms with Crippen LogP contribution in [0.4, 0.5) is 4.79 Å². The molecule has 2 atom stereocenters. The van der Waals surface area contributed by atoms with Gasteiger partial charge in [-0.25, -0.2) is 14.9 Å². The van der Waals surface area contributed by atoms with Crippen LogP contribution in [0.2, 0.25) is 0 Å². The molecule has 0 aliphatic heterocycles. The predicted octanol–water partition coefficient (Wildman–Crippen LogP) is 10.8. The molecule has 12 heteroatoms. The lowest BCUT2D eigenvalue weighted by Gasteiger charge is -2.39. The minimum absolute atomic E-state index is 0.0377. The van der Waals surface area contributed by atoms with Gasteiger partial charge in [-0.1, -0.05) is 140 Å². The molecule has 2 aliphatic rings. The van der Waals surface area contributed by atoms with E-state index in [1.54, 1.807) is 11.8 Å². The SMILES string of the molecule is CC(C)N(C(C)C)P(OCCC#N)OC1CCC(NC(=O)[C@H](CSC(c2ccccc2)(c2ccccc2)c2ccccc2)NNC(=O)OCC2c3ccccc3-c3ccccc32)CC1. The van der Waals surface area contributed by atoms with Gasteiger partial charge in [-0.15, -0.1) is 11.8 Å². The fourth-order valence-electron chi connectivity index (χ4n) is 8.98. The summed E-state index contributed by atoms with van der Waals surface area (Å²) < 4.78 is 20.3. The summed E-state index contributed by atoms with van der Waals surface area (Å²) in [5.41, 5.74) is 13.6. The number of benzene rings is 5. The molecule has 0 radical (unpaired) electrons. The molecule has 1 saturated carbocycles. The molecular weight excluding hydrogens is 838 g/mol. The molecule has 2 aliphatic carbocycles. The highest BCUT2D eigenvalue weighted by Crippen LogP contribution is 2.50. The van der Waals surface area contributed by atoms with Crippen LogP contribution in [0.5, 0.6) is 0 Å². The molecule has 5 aromatic carbocycles. The highest BCUT2D eigenvalue weighted by atomic mass is 32.2. The maximum absolute atomic E-state index is 14.6. The predicted molar refractivity (Wildman–Crippen MR) is 257 cm³/mol. The van der Waals surface area contributed by atoms with E-state index in [4.69, 9.17) is 19.0 Å². The van der Waals surface area contributed by atoms with Crippen LogP contribution in [0.25, 0.3) is 11.1 Å².